The van der Waals surface area contributed by atoms with Crippen LogP contribution in [0.5, 0.6) is 0 Å². The minimum Gasteiger partial charge on any atom is -0.383 e. The van der Waals surface area contributed by atoms with Crippen molar-refractivity contribution < 1.29 is 0 Å². The van der Waals surface area contributed by atoms with E-state index in [-0.39, 0.29) is 0 Å². The Bertz CT molecular complexity index is 439. The molecule has 0 unspecified atom stereocenters. The Kier molecular flexibility index (Phi) is 3.59. The maximum absolute atomic E-state index is 9.05. The van der Waals surface area contributed by atoms with Gasteiger partial charge in [-0.3, -0.25) is 0 Å². The molecule has 1 N–H and O–H groups in total. The molecule has 1 fully saturated rings. The van der Waals surface area contributed by atoms with E-state index in [1.54, 1.807) is 6.07 Å². The minimum atomic E-state index is 0.451. The SMILES string of the molecule is CCC1(CNc2ccc(Cl)cc2C#N)CCC1. The molecule has 17 heavy (non-hydrogen) atoms. The number of rotatable bonds is 4. The number of hydrogen-bond acceptors (Lipinski definition) is 2. The molecule has 1 saturated carbocycles. The lowest BCUT2D eigenvalue weighted by molar-refractivity contribution is 0.145. The van der Waals surface area contributed by atoms with Gasteiger partial charge in [-0.1, -0.05) is 24.9 Å². The van der Waals surface area contributed by atoms with Gasteiger partial charge in [-0.05, 0) is 42.9 Å². The van der Waals surface area contributed by atoms with Crippen molar-refractivity contribution in [2.45, 2.75) is 32.6 Å². The Morgan fingerprint density at radius 2 is 2.24 bits per heavy atom. The molecule has 2 nitrogen and oxygen atoms in total. The molecular formula is C14H17ClN2. The van der Waals surface area contributed by atoms with Crippen molar-refractivity contribution in [3.63, 3.8) is 0 Å². The molecule has 0 aliphatic heterocycles. The molecule has 0 spiro atoms. The number of hydrogen-bond donors (Lipinski definition) is 1. The van der Waals surface area contributed by atoms with Crippen molar-refractivity contribution in [1.82, 2.24) is 0 Å². The van der Waals surface area contributed by atoms with Crippen LogP contribution in [0, 0.1) is 16.7 Å². The highest BCUT2D eigenvalue weighted by Crippen LogP contribution is 2.43. The zero-order valence-corrected chi connectivity index (χ0v) is 10.8. The van der Waals surface area contributed by atoms with Crippen molar-refractivity contribution in [2.75, 3.05) is 11.9 Å². The molecule has 0 atom stereocenters. The molecule has 1 aliphatic carbocycles. The summed E-state index contributed by atoms with van der Waals surface area (Å²) in [7, 11) is 0. The molecule has 1 aromatic rings. The van der Waals surface area contributed by atoms with Crippen molar-refractivity contribution in [3.8, 4) is 6.07 Å². The van der Waals surface area contributed by atoms with Gasteiger partial charge in [0, 0.05) is 11.6 Å². The summed E-state index contributed by atoms with van der Waals surface area (Å²) >= 11 is 5.87. The maximum atomic E-state index is 9.05. The Labute approximate surface area is 108 Å². The monoisotopic (exact) mass is 248 g/mol. The van der Waals surface area contributed by atoms with Crippen LogP contribution in [0.3, 0.4) is 0 Å². The van der Waals surface area contributed by atoms with Gasteiger partial charge in [0.25, 0.3) is 0 Å². The lowest BCUT2D eigenvalue weighted by Crippen LogP contribution is -2.35. The molecule has 1 aliphatic rings. The second-order valence-electron chi connectivity index (χ2n) is 4.86. The predicted octanol–water partition coefficient (Wildman–Crippen LogP) is 4.20. The summed E-state index contributed by atoms with van der Waals surface area (Å²) in [6.07, 6.45) is 5.13. The van der Waals surface area contributed by atoms with Gasteiger partial charge in [0.05, 0.1) is 11.3 Å². The third-order valence-electron chi connectivity index (χ3n) is 3.92. The highest BCUT2D eigenvalue weighted by Gasteiger charge is 2.34. The molecule has 0 saturated heterocycles. The first-order valence-electron chi connectivity index (χ1n) is 6.13. The van der Waals surface area contributed by atoms with Gasteiger partial charge in [-0.15, -0.1) is 0 Å². The molecule has 90 valence electrons. The van der Waals surface area contributed by atoms with Crippen molar-refractivity contribution >= 4 is 17.3 Å². The number of benzene rings is 1. The Morgan fingerprint density at radius 3 is 2.76 bits per heavy atom. The summed E-state index contributed by atoms with van der Waals surface area (Å²) in [5, 5.41) is 13.1. The number of nitrogens with one attached hydrogen (secondary N) is 1. The van der Waals surface area contributed by atoms with E-state index in [0.29, 0.717) is 16.0 Å². The first-order chi connectivity index (χ1) is 8.19. The first-order valence-corrected chi connectivity index (χ1v) is 6.50. The van der Waals surface area contributed by atoms with Crippen LogP contribution in [0.4, 0.5) is 5.69 Å². The predicted molar refractivity (Wildman–Crippen MR) is 71.2 cm³/mol. The normalized spacial score (nSPS) is 17.0. The summed E-state index contributed by atoms with van der Waals surface area (Å²) in [6.45, 7) is 3.20. The molecule has 2 rings (SSSR count). The van der Waals surface area contributed by atoms with Gasteiger partial charge >= 0.3 is 0 Å². The van der Waals surface area contributed by atoms with Gasteiger partial charge in [0.1, 0.15) is 6.07 Å². The molecule has 0 amide bonds. The summed E-state index contributed by atoms with van der Waals surface area (Å²) in [4.78, 5) is 0. The van der Waals surface area contributed by atoms with Crippen LogP contribution in [0.15, 0.2) is 18.2 Å². The lowest BCUT2D eigenvalue weighted by atomic mass is 9.67. The topological polar surface area (TPSA) is 35.8 Å². The van der Waals surface area contributed by atoms with Gasteiger partial charge in [-0.2, -0.15) is 5.26 Å². The maximum Gasteiger partial charge on any atom is 0.101 e. The first kappa shape index (κ1) is 12.3. The van der Waals surface area contributed by atoms with Crippen LogP contribution in [0.1, 0.15) is 38.2 Å². The number of nitrogens with zero attached hydrogens (tertiary/aromatic N) is 1. The summed E-state index contributed by atoms with van der Waals surface area (Å²) in [6, 6.07) is 7.61. The molecule has 0 bridgehead atoms. The Balaban J connectivity index is 2.06. The number of halogens is 1. The molecule has 0 aromatic heterocycles. The van der Waals surface area contributed by atoms with Crippen LogP contribution in [0.2, 0.25) is 5.02 Å². The lowest BCUT2D eigenvalue weighted by Gasteiger charge is -2.41. The zero-order valence-electron chi connectivity index (χ0n) is 10.1. The Hall–Kier alpha value is -1.20. The van der Waals surface area contributed by atoms with E-state index >= 15 is 0 Å². The van der Waals surface area contributed by atoms with Crippen molar-refractivity contribution in [1.29, 1.82) is 5.26 Å². The van der Waals surface area contributed by atoms with E-state index in [1.807, 2.05) is 12.1 Å². The minimum absolute atomic E-state index is 0.451. The van der Waals surface area contributed by atoms with Crippen LogP contribution >= 0.6 is 11.6 Å². The van der Waals surface area contributed by atoms with Crippen LogP contribution in [-0.4, -0.2) is 6.54 Å². The molecular weight excluding hydrogens is 232 g/mol. The van der Waals surface area contributed by atoms with Crippen LogP contribution < -0.4 is 5.32 Å². The average molecular weight is 249 g/mol. The zero-order chi connectivity index (χ0) is 12.3. The van der Waals surface area contributed by atoms with Crippen molar-refractivity contribution in [3.05, 3.63) is 28.8 Å². The molecule has 0 heterocycles. The van der Waals surface area contributed by atoms with E-state index < -0.39 is 0 Å². The average Bonchev–Trinajstić information content (AvgIpc) is 2.29. The highest BCUT2D eigenvalue weighted by molar-refractivity contribution is 6.30. The summed E-state index contributed by atoms with van der Waals surface area (Å²) < 4.78 is 0. The number of anilines is 1. The summed E-state index contributed by atoms with van der Waals surface area (Å²) in [5.41, 5.74) is 1.98. The van der Waals surface area contributed by atoms with Gasteiger partial charge in [-0.25, -0.2) is 0 Å². The third-order valence-corrected chi connectivity index (χ3v) is 4.16. The second-order valence-corrected chi connectivity index (χ2v) is 5.30. The van der Waals surface area contributed by atoms with E-state index in [9.17, 15) is 0 Å². The fourth-order valence-electron chi connectivity index (χ4n) is 2.38. The molecule has 3 heteroatoms. The van der Waals surface area contributed by atoms with E-state index in [0.717, 1.165) is 12.2 Å². The van der Waals surface area contributed by atoms with Crippen molar-refractivity contribution in [2.24, 2.45) is 5.41 Å². The van der Waals surface area contributed by atoms with E-state index in [1.165, 1.54) is 25.7 Å². The quantitative estimate of drug-likeness (QED) is 0.867. The van der Waals surface area contributed by atoms with E-state index in [2.05, 4.69) is 18.3 Å². The largest absolute Gasteiger partial charge is 0.383 e. The smallest absolute Gasteiger partial charge is 0.101 e. The van der Waals surface area contributed by atoms with Crippen LogP contribution in [-0.2, 0) is 0 Å². The Morgan fingerprint density at radius 1 is 1.47 bits per heavy atom. The second kappa shape index (κ2) is 4.98. The van der Waals surface area contributed by atoms with Gasteiger partial charge in [0.2, 0.25) is 0 Å². The molecule has 0 radical (unpaired) electrons. The van der Waals surface area contributed by atoms with Gasteiger partial charge < -0.3 is 5.32 Å². The number of nitriles is 1. The summed E-state index contributed by atoms with van der Waals surface area (Å²) in [5.74, 6) is 0. The fraction of sp³-hybridized carbons (Fsp3) is 0.500. The molecule has 1 aromatic carbocycles. The van der Waals surface area contributed by atoms with E-state index in [4.69, 9.17) is 16.9 Å². The van der Waals surface area contributed by atoms with Crippen LogP contribution in [0.25, 0.3) is 0 Å². The standard InChI is InChI=1S/C14H17ClN2/c1-2-14(6-3-7-14)10-17-13-5-4-12(15)8-11(13)9-16/h4-5,8,17H,2-3,6-7,10H2,1H3. The highest BCUT2D eigenvalue weighted by atomic mass is 35.5. The fourth-order valence-corrected chi connectivity index (χ4v) is 2.55. The van der Waals surface area contributed by atoms with Gasteiger partial charge in [0.15, 0.2) is 0 Å². The third kappa shape index (κ3) is 2.56.